The van der Waals surface area contributed by atoms with Crippen molar-refractivity contribution in [3.63, 3.8) is 0 Å². The number of rotatable bonds is 8. The summed E-state index contributed by atoms with van der Waals surface area (Å²) in [6.07, 6.45) is 0.583. The van der Waals surface area contributed by atoms with Gasteiger partial charge in [0.25, 0.3) is 5.91 Å². The highest BCUT2D eigenvalue weighted by Gasteiger charge is 2.06. The molecule has 0 radical (unpaired) electrons. The van der Waals surface area contributed by atoms with Crippen molar-refractivity contribution in [3.8, 4) is 5.75 Å². The molecule has 0 unspecified atom stereocenters. The van der Waals surface area contributed by atoms with E-state index in [2.05, 4.69) is 10.6 Å². The molecule has 2 N–H and O–H groups in total. The highest BCUT2D eigenvalue weighted by molar-refractivity contribution is 6.30. The minimum absolute atomic E-state index is 0.133. The Labute approximate surface area is 150 Å². The predicted octanol–water partition coefficient (Wildman–Crippen LogP) is 2.33. The molecule has 0 atom stereocenters. The quantitative estimate of drug-likeness (QED) is 0.755. The van der Waals surface area contributed by atoms with Gasteiger partial charge in [0.05, 0.1) is 6.54 Å². The van der Waals surface area contributed by atoms with Crippen molar-refractivity contribution in [2.75, 3.05) is 19.7 Å². The Hall–Kier alpha value is -2.60. The fraction of sp³-hybridized carbons (Fsp3) is 0.222. The largest absolute Gasteiger partial charge is 0.484 e. The summed E-state index contributed by atoms with van der Waals surface area (Å²) in [6.45, 7) is 0.0817. The second-order valence-electron chi connectivity index (χ2n) is 5.25. The number of carbonyl (C=O) groups is 2. The van der Waals surface area contributed by atoms with Crippen LogP contribution in [0.3, 0.4) is 0 Å². The lowest BCUT2D eigenvalue weighted by Gasteiger charge is -2.08. The molecule has 0 bridgehead atoms. The molecule has 25 heavy (non-hydrogen) atoms. The Balaban J connectivity index is 1.59. The summed E-state index contributed by atoms with van der Waals surface area (Å²) < 4.78 is 18.0. The third-order valence-corrected chi connectivity index (χ3v) is 3.53. The summed E-state index contributed by atoms with van der Waals surface area (Å²) in [6, 6.07) is 12.7. The zero-order valence-corrected chi connectivity index (χ0v) is 14.2. The van der Waals surface area contributed by atoms with Gasteiger partial charge in [0, 0.05) is 11.6 Å². The van der Waals surface area contributed by atoms with Crippen molar-refractivity contribution in [1.82, 2.24) is 10.6 Å². The molecule has 5 nitrogen and oxygen atoms in total. The van der Waals surface area contributed by atoms with E-state index in [1.165, 1.54) is 12.1 Å². The van der Waals surface area contributed by atoms with Crippen molar-refractivity contribution in [3.05, 3.63) is 64.9 Å². The van der Waals surface area contributed by atoms with Gasteiger partial charge in [0.2, 0.25) is 5.91 Å². The zero-order valence-electron chi connectivity index (χ0n) is 13.4. The first-order chi connectivity index (χ1) is 12.0. The standard InChI is InChI=1S/C18H18ClFN2O3/c19-14-3-7-16(8-4-14)25-12-18(24)22-11-17(23)21-10-9-13-1-5-15(20)6-2-13/h1-8H,9-12H2,(H,21,23)(H,22,24). The van der Waals surface area contributed by atoms with Gasteiger partial charge in [-0.25, -0.2) is 4.39 Å². The van der Waals surface area contributed by atoms with Gasteiger partial charge in [-0.1, -0.05) is 23.7 Å². The Morgan fingerprint density at radius 2 is 1.64 bits per heavy atom. The minimum Gasteiger partial charge on any atom is -0.484 e. The van der Waals surface area contributed by atoms with Crippen LogP contribution in [0, 0.1) is 5.82 Å². The maximum absolute atomic E-state index is 12.8. The molecule has 0 saturated carbocycles. The summed E-state index contributed by atoms with van der Waals surface area (Å²) in [7, 11) is 0. The molecule has 0 aromatic heterocycles. The predicted molar refractivity (Wildman–Crippen MR) is 93.1 cm³/mol. The summed E-state index contributed by atoms with van der Waals surface area (Å²) in [5.74, 6) is -0.481. The molecular weight excluding hydrogens is 347 g/mol. The SMILES string of the molecule is O=C(CNC(=O)COc1ccc(Cl)cc1)NCCc1ccc(F)cc1. The van der Waals surface area contributed by atoms with Crippen LogP contribution in [0.2, 0.25) is 5.02 Å². The van der Waals surface area contributed by atoms with Crippen LogP contribution in [0.5, 0.6) is 5.75 Å². The molecule has 2 aromatic rings. The molecular formula is C18H18ClFN2O3. The van der Waals surface area contributed by atoms with Crippen molar-refractivity contribution in [1.29, 1.82) is 0 Å². The van der Waals surface area contributed by atoms with E-state index in [1.54, 1.807) is 36.4 Å². The average molecular weight is 365 g/mol. The van der Waals surface area contributed by atoms with Crippen molar-refractivity contribution in [2.24, 2.45) is 0 Å². The number of halogens is 2. The second-order valence-corrected chi connectivity index (χ2v) is 5.68. The highest BCUT2D eigenvalue weighted by Crippen LogP contribution is 2.15. The second kappa shape index (κ2) is 9.64. The first-order valence-electron chi connectivity index (χ1n) is 7.69. The summed E-state index contributed by atoms with van der Waals surface area (Å²) in [5, 5.41) is 5.72. The fourth-order valence-electron chi connectivity index (χ4n) is 1.97. The molecule has 0 saturated heterocycles. The van der Waals surface area contributed by atoms with Gasteiger partial charge in [-0.05, 0) is 48.4 Å². The number of hydrogen-bond donors (Lipinski definition) is 2. The smallest absolute Gasteiger partial charge is 0.258 e. The number of hydrogen-bond acceptors (Lipinski definition) is 3. The number of carbonyl (C=O) groups excluding carboxylic acids is 2. The van der Waals surface area contributed by atoms with Crippen LogP contribution in [-0.2, 0) is 16.0 Å². The molecule has 2 amide bonds. The Kier molecular flexibility index (Phi) is 7.22. The van der Waals surface area contributed by atoms with Crippen molar-refractivity contribution < 1.29 is 18.7 Å². The first-order valence-corrected chi connectivity index (χ1v) is 8.07. The van der Waals surface area contributed by atoms with Gasteiger partial charge in [-0.3, -0.25) is 9.59 Å². The Morgan fingerprint density at radius 1 is 0.960 bits per heavy atom. The van der Waals surface area contributed by atoms with Crippen LogP contribution in [0.25, 0.3) is 0 Å². The highest BCUT2D eigenvalue weighted by atomic mass is 35.5. The average Bonchev–Trinajstić information content (AvgIpc) is 2.61. The summed E-state index contributed by atoms with van der Waals surface area (Å²) >= 11 is 5.75. The molecule has 2 rings (SSSR count). The van der Waals surface area contributed by atoms with Gasteiger partial charge in [-0.15, -0.1) is 0 Å². The van der Waals surface area contributed by atoms with Gasteiger partial charge >= 0.3 is 0 Å². The van der Waals surface area contributed by atoms with Crippen LogP contribution in [0.1, 0.15) is 5.56 Å². The maximum Gasteiger partial charge on any atom is 0.258 e. The zero-order chi connectivity index (χ0) is 18.1. The first kappa shape index (κ1) is 18.7. The fourth-order valence-corrected chi connectivity index (χ4v) is 2.10. The molecule has 0 heterocycles. The molecule has 0 aliphatic carbocycles. The molecule has 7 heteroatoms. The minimum atomic E-state index is -0.399. The summed E-state index contributed by atoms with van der Waals surface area (Å²) in [4.78, 5) is 23.3. The molecule has 2 aromatic carbocycles. The van der Waals surface area contributed by atoms with Crippen LogP contribution in [-0.4, -0.2) is 31.5 Å². The number of amides is 2. The number of nitrogens with one attached hydrogen (secondary N) is 2. The third kappa shape index (κ3) is 7.22. The third-order valence-electron chi connectivity index (χ3n) is 3.28. The van der Waals surface area contributed by atoms with E-state index in [0.29, 0.717) is 23.7 Å². The Bertz CT molecular complexity index is 705. The number of ether oxygens (including phenoxy) is 1. The van der Waals surface area contributed by atoms with Gasteiger partial charge in [-0.2, -0.15) is 0 Å². The van der Waals surface area contributed by atoms with Gasteiger partial charge < -0.3 is 15.4 Å². The van der Waals surface area contributed by atoms with Gasteiger partial charge in [0.1, 0.15) is 11.6 Å². The molecule has 0 aliphatic rings. The van der Waals surface area contributed by atoms with Crippen LogP contribution in [0.15, 0.2) is 48.5 Å². The maximum atomic E-state index is 12.8. The van der Waals surface area contributed by atoms with Gasteiger partial charge in [0.15, 0.2) is 6.61 Å². The van der Waals surface area contributed by atoms with Crippen LogP contribution >= 0.6 is 11.6 Å². The molecule has 0 aliphatic heterocycles. The van der Waals surface area contributed by atoms with E-state index >= 15 is 0 Å². The molecule has 0 fully saturated rings. The number of benzene rings is 2. The van der Waals surface area contributed by atoms with Crippen molar-refractivity contribution >= 4 is 23.4 Å². The Morgan fingerprint density at radius 3 is 2.32 bits per heavy atom. The monoisotopic (exact) mass is 364 g/mol. The van der Waals surface area contributed by atoms with E-state index < -0.39 is 5.91 Å². The lowest BCUT2D eigenvalue weighted by Crippen LogP contribution is -2.39. The van der Waals surface area contributed by atoms with E-state index in [9.17, 15) is 14.0 Å². The van der Waals surface area contributed by atoms with Crippen LogP contribution < -0.4 is 15.4 Å². The van der Waals surface area contributed by atoms with E-state index in [0.717, 1.165) is 5.56 Å². The van der Waals surface area contributed by atoms with E-state index in [-0.39, 0.29) is 24.9 Å². The molecule has 0 spiro atoms. The molecule has 132 valence electrons. The van der Waals surface area contributed by atoms with Crippen LogP contribution in [0.4, 0.5) is 4.39 Å². The lowest BCUT2D eigenvalue weighted by molar-refractivity contribution is -0.127. The van der Waals surface area contributed by atoms with Crippen molar-refractivity contribution in [2.45, 2.75) is 6.42 Å². The summed E-state index contributed by atoms with van der Waals surface area (Å²) in [5.41, 5.74) is 0.919. The van der Waals surface area contributed by atoms with E-state index in [4.69, 9.17) is 16.3 Å². The lowest BCUT2D eigenvalue weighted by atomic mass is 10.1. The topological polar surface area (TPSA) is 67.4 Å². The van der Waals surface area contributed by atoms with E-state index in [1.807, 2.05) is 0 Å². The normalized spacial score (nSPS) is 10.2.